The number of rotatable bonds is 8. The number of benzene rings is 2. The fourth-order valence-electron chi connectivity index (χ4n) is 7.53. The van der Waals surface area contributed by atoms with Crippen molar-refractivity contribution in [2.45, 2.75) is 61.6 Å². The summed E-state index contributed by atoms with van der Waals surface area (Å²) in [5.74, 6) is 3.04. The molecule has 6 heteroatoms. The zero-order chi connectivity index (χ0) is 22.9. The normalized spacial score (nSPS) is 37.0. The van der Waals surface area contributed by atoms with E-state index in [-0.39, 0.29) is 23.0 Å². The number of halogens is 2. The van der Waals surface area contributed by atoms with Gasteiger partial charge in [-0.2, -0.15) is 0 Å². The summed E-state index contributed by atoms with van der Waals surface area (Å²) in [5, 5.41) is 1.43. The number of hydrogen-bond donors (Lipinski definition) is 0. The Kier molecular flexibility index (Phi) is 5.14. The monoisotopic (exact) mass is 500 g/mol. The van der Waals surface area contributed by atoms with E-state index in [0.29, 0.717) is 23.3 Å². The second-order valence-corrected chi connectivity index (χ2v) is 12.2. The molecule has 2 aliphatic heterocycles. The Balaban J connectivity index is 1.17. The maximum Gasteiger partial charge on any atom is 0.138 e. The van der Waals surface area contributed by atoms with E-state index in [1.165, 1.54) is 43.2 Å². The largest absolute Gasteiger partial charge is 0.489 e. The van der Waals surface area contributed by atoms with Crippen LogP contribution in [0.5, 0.6) is 11.5 Å². The molecular weight excluding hydrogens is 471 g/mol. The van der Waals surface area contributed by atoms with Crippen LogP contribution in [0.4, 0.5) is 0 Å². The highest BCUT2D eigenvalue weighted by atomic mass is 35.5. The first kappa shape index (κ1) is 21.8. The molecule has 4 bridgehead atoms. The van der Waals surface area contributed by atoms with Gasteiger partial charge < -0.3 is 18.9 Å². The Labute approximate surface area is 210 Å². The lowest BCUT2D eigenvalue weighted by Crippen LogP contribution is -2.55. The third kappa shape index (κ3) is 3.91. The van der Waals surface area contributed by atoms with Gasteiger partial charge in [0.15, 0.2) is 0 Å². The zero-order valence-electron chi connectivity index (χ0n) is 19.2. The van der Waals surface area contributed by atoms with Gasteiger partial charge in [0.2, 0.25) is 0 Å². The third-order valence-corrected chi connectivity index (χ3v) is 9.39. The average molecular weight is 501 g/mol. The van der Waals surface area contributed by atoms with Gasteiger partial charge >= 0.3 is 0 Å². The lowest BCUT2D eigenvalue weighted by molar-refractivity contribution is -0.0281. The van der Waals surface area contributed by atoms with Crippen molar-refractivity contribution in [2.24, 2.45) is 11.8 Å². The van der Waals surface area contributed by atoms with Gasteiger partial charge in [-0.05, 0) is 96.6 Å². The van der Waals surface area contributed by atoms with Crippen molar-refractivity contribution in [2.75, 3.05) is 26.4 Å². The van der Waals surface area contributed by atoms with E-state index in [4.69, 9.17) is 42.1 Å². The second kappa shape index (κ2) is 8.03. The zero-order valence-corrected chi connectivity index (χ0v) is 20.7. The van der Waals surface area contributed by atoms with Gasteiger partial charge in [0, 0.05) is 0 Å². The smallest absolute Gasteiger partial charge is 0.138 e. The molecule has 6 fully saturated rings. The van der Waals surface area contributed by atoms with E-state index in [1.54, 1.807) is 0 Å². The van der Waals surface area contributed by atoms with Crippen LogP contribution in [0.15, 0.2) is 36.4 Å². The molecule has 2 heterocycles. The lowest BCUT2D eigenvalue weighted by Gasteiger charge is -2.63. The van der Waals surface area contributed by atoms with Crippen LogP contribution >= 0.6 is 23.2 Å². The molecule has 180 valence electrons. The Bertz CT molecular complexity index is 1010. The topological polar surface area (TPSA) is 43.5 Å². The van der Waals surface area contributed by atoms with Crippen molar-refractivity contribution in [1.82, 2.24) is 0 Å². The van der Waals surface area contributed by atoms with Crippen molar-refractivity contribution in [3.8, 4) is 11.5 Å². The standard InChI is InChI=1S/C28H30Cl2O4/c29-23-6-19(1-3-25(23)33-14-21-12-31-21)27-8-17-5-18(9-27)11-28(10-17,16-27)20-2-4-26(24(30)7-20)34-15-22-13-32-22/h1-4,6-7,17-18,21-22H,5,8-16H2. The predicted octanol–water partition coefficient (Wildman–Crippen LogP) is 6.34. The van der Waals surface area contributed by atoms with E-state index in [1.807, 2.05) is 0 Å². The molecule has 6 aliphatic rings. The minimum atomic E-state index is 0.177. The van der Waals surface area contributed by atoms with E-state index in [2.05, 4.69) is 36.4 Å². The van der Waals surface area contributed by atoms with Crippen LogP contribution in [-0.2, 0) is 20.3 Å². The summed E-state index contributed by atoms with van der Waals surface area (Å²) >= 11 is 13.4. The minimum Gasteiger partial charge on any atom is -0.489 e. The molecule has 8 rings (SSSR count). The SMILES string of the molecule is Clc1cc(C23CC4CC(C2)CC(c2ccc(OCC5CO5)c(Cl)c2)(C4)C3)ccc1OCC1CO1. The highest BCUT2D eigenvalue weighted by molar-refractivity contribution is 6.32. The Morgan fingerprint density at radius 3 is 1.56 bits per heavy atom. The molecule has 2 atom stereocenters. The van der Waals surface area contributed by atoms with Crippen molar-refractivity contribution >= 4 is 23.2 Å². The lowest BCUT2D eigenvalue weighted by atomic mass is 9.42. The van der Waals surface area contributed by atoms with Crippen molar-refractivity contribution in [3.05, 3.63) is 57.6 Å². The first-order valence-electron chi connectivity index (χ1n) is 12.6. The van der Waals surface area contributed by atoms with Gasteiger partial charge in [-0.15, -0.1) is 0 Å². The van der Waals surface area contributed by atoms with Gasteiger partial charge in [0.1, 0.15) is 36.9 Å². The molecule has 2 aromatic carbocycles. The van der Waals surface area contributed by atoms with Crippen molar-refractivity contribution < 1.29 is 18.9 Å². The molecular formula is C28H30Cl2O4. The highest BCUT2D eigenvalue weighted by Gasteiger charge is 2.58. The molecule has 0 spiro atoms. The van der Waals surface area contributed by atoms with Crippen molar-refractivity contribution in [1.29, 1.82) is 0 Å². The van der Waals surface area contributed by atoms with Crippen LogP contribution in [0.2, 0.25) is 10.0 Å². The van der Waals surface area contributed by atoms with Crippen LogP contribution in [0.25, 0.3) is 0 Å². The Morgan fingerprint density at radius 1 is 0.735 bits per heavy atom. The van der Waals surface area contributed by atoms with Crippen LogP contribution in [0.1, 0.15) is 49.7 Å². The molecule has 0 radical (unpaired) electrons. The second-order valence-electron chi connectivity index (χ2n) is 11.3. The molecule has 0 N–H and O–H groups in total. The third-order valence-electron chi connectivity index (χ3n) is 8.80. The first-order chi connectivity index (χ1) is 16.5. The fourth-order valence-corrected chi connectivity index (χ4v) is 8.00. The minimum absolute atomic E-state index is 0.177. The summed E-state index contributed by atoms with van der Waals surface area (Å²) in [5.41, 5.74) is 3.11. The Morgan fingerprint density at radius 2 is 1.18 bits per heavy atom. The van der Waals surface area contributed by atoms with Crippen LogP contribution < -0.4 is 9.47 Å². The first-order valence-corrected chi connectivity index (χ1v) is 13.3. The molecule has 2 saturated heterocycles. The van der Waals surface area contributed by atoms with E-state index in [9.17, 15) is 0 Å². The van der Waals surface area contributed by atoms with Gasteiger partial charge in [-0.3, -0.25) is 0 Å². The number of ether oxygens (including phenoxy) is 4. The predicted molar refractivity (Wildman–Crippen MR) is 131 cm³/mol. The van der Waals surface area contributed by atoms with Gasteiger partial charge in [-0.1, -0.05) is 35.3 Å². The molecule has 2 aromatic rings. The molecule has 0 amide bonds. The molecule has 0 aromatic heterocycles. The Hall–Kier alpha value is -1.46. The number of hydrogen-bond acceptors (Lipinski definition) is 4. The summed E-state index contributed by atoms with van der Waals surface area (Å²) in [4.78, 5) is 0. The van der Waals surface area contributed by atoms with Gasteiger partial charge in [0.05, 0.1) is 23.3 Å². The maximum absolute atomic E-state index is 6.71. The highest BCUT2D eigenvalue weighted by Crippen LogP contribution is 2.66. The van der Waals surface area contributed by atoms with Gasteiger partial charge in [0.25, 0.3) is 0 Å². The van der Waals surface area contributed by atoms with E-state index < -0.39 is 0 Å². The van der Waals surface area contributed by atoms with Crippen LogP contribution in [0.3, 0.4) is 0 Å². The van der Waals surface area contributed by atoms with E-state index in [0.717, 1.165) is 43.0 Å². The molecule has 4 saturated carbocycles. The van der Waals surface area contributed by atoms with Gasteiger partial charge in [-0.25, -0.2) is 0 Å². The van der Waals surface area contributed by atoms with Crippen molar-refractivity contribution in [3.63, 3.8) is 0 Å². The summed E-state index contributed by atoms with van der Waals surface area (Å²) in [6.07, 6.45) is 8.00. The molecule has 2 unspecified atom stereocenters. The molecule has 34 heavy (non-hydrogen) atoms. The average Bonchev–Trinajstić information content (AvgIpc) is 3.72. The maximum atomic E-state index is 6.71. The summed E-state index contributed by atoms with van der Waals surface area (Å²) < 4.78 is 22.3. The molecule has 4 aliphatic carbocycles. The summed E-state index contributed by atoms with van der Waals surface area (Å²) in [6, 6.07) is 13.0. The van der Waals surface area contributed by atoms with Crippen LogP contribution in [0, 0.1) is 11.8 Å². The number of epoxide rings is 2. The quantitative estimate of drug-likeness (QED) is 0.396. The van der Waals surface area contributed by atoms with E-state index >= 15 is 0 Å². The fraction of sp³-hybridized carbons (Fsp3) is 0.571. The van der Waals surface area contributed by atoms with Crippen LogP contribution in [-0.4, -0.2) is 38.6 Å². The summed E-state index contributed by atoms with van der Waals surface area (Å²) in [7, 11) is 0. The summed E-state index contributed by atoms with van der Waals surface area (Å²) in [6.45, 7) is 2.72. The molecule has 4 nitrogen and oxygen atoms in total.